The summed E-state index contributed by atoms with van der Waals surface area (Å²) in [7, 11) is 0. The smallest absolute Gasteiger partial charge is 0.255 e. The van der Waals surface area contributed by atoms with Crippen LogP contribution in [0.15, 0.2) is 18.2 Å². The van der Waals surface area contributed by atoms with E-state index in [1.54, 1.807) is 18.2 Å². The first-order valence-electron chi connectivity index (χ1n) is 7.63. The lowest BCUT2D eigenvalue weighted by Gasteiger charge is -2.24. The highest BCUT2D eigenvalue weighted by Gasteiger charge is 2.26. The van der Waals surface area contributed by atoms with Gasteiger partial charge in [-0.05, 0) is 25.0 Å². The van der Waals surface area contributed by atoms with E-state index in [1.165, 1.54) is 0 Å². The molecule has 2 unspecified atom stereocenters. The molecule has 0 spiro atoms. The molecule has 114 valence electrons. The summed E-state index contributed by atoms with van der Waals surface area (Å²) < 4.78 is 11.1. The van der Waals surface area contributed by atoms with Gasteiger partial charge in [0.25, 0.3) is 5.91 Å². The second-order valence-corrected chi connectivity index (χ2v) is 5.62. The van der Waals surface area contributed by atoms with E-state index in [2.05, 4.69) is 5.32 Å². The lowest BCUT2D eigenvalue weighted by atomic mass is 10.0. The van der Waals surface area contributed by atoms with Crippen LogP contribution in [-0.2, 0) is 0 Å². The zero-order chi connectivity index (χ0) is 14.7. The van der Waals surface area contributed by atoms with Gasteiger partial charge in [-0.2, -0.15) is 0 Å². The van der Waals surface area contributed by atoms with Gasteiger partial charge in [0, 0.05) is 0 Å². The molecule has 2 N–H and O–H groups in total. The maximum Gasteiger partial charge on any atom is 0.255 e. The Morgan fingerprint density at radius 3 is 2.86 bits per heavy atom. The first-order valence-corrected chi connectivity index (χ1v) is 7.63. The summed E-state index contributed by atoms with van der Waals surface area (Å²) in [6, 6.07) is 5.13. The summed E-state index contributed by atoms with van der Waals surface area (Å²) in [5.41, 5.74) is 0.476. The van der Waals surface area contributed by atoms with Crippen LogP contribution in [0, 0.1) is 0 Å². The van der Waals surface area contributed by atoms with Crippen molar-refractivity contribution in [3.05, 3.63) is 23.8 Å². The third-order valence-corrected chi connectivity index (χ3v) is 4.11. The van der Waals surface area contributed by atoms with Gasteiger partial charge in [-0.15, -0.1) is 0 Å². The Morgan fingerprint density at radius 2 is 1.95 bits per heavy atom. The van der Waals surface area contributed by atoms with E-state index in [1.807, 2.05) is 0 Å². The van der Waals surface area contributed by atoms with Crippen molar-refractivity contribution in [1.29, 1.82) is 0 Å². The molecule has 1 aliphatic heterocycles. The molecule has 1 saturated carbocycles. The summed E-state index contributed by atoms with van der Waals surface area (Å²) in [4.78, 5) is 12.5. The number of fused-ring (bicyclic) bond motifs is 1. The fourth-order valence-corrected chi connectivity index (χ4v) is 2.96. The van der Waals surface area contributed by atoms with Crippen molar-refractivity contribution < 1.29 is 19.4 Å². The molecule has 5 heteroatoms. The number of hydrogen-bond donors (Lipinski definition) is 2. The van der Waals surface area contributed by atoms with Crippen LogP contribution in [0.25, 0.3) is 0 Å². The summed E-state index contributed by atoms with van der Waals surface area (Å²) in [5.74, 6) is 0.906. The van der Waals surface area contributed by atoms with E-state index in [4.69, 9.17) is 9.47 Å². The largest absolute Gasteiger partial charge is 0.486 e. The number of ether oxygens (including phenoxy) is 2. The molecule has 0 aromatic heterocycles. The van der Waals surface area contributed by atoms with Crippen LogP contribution in [0.2, 0.25) is 0 Å². The molecule has 3 rings (SSSR count). The SMILES string of the molecule is O=C(NC1CCCCCC1O)c1cccc2c1OCCO2. The van der Waals surface area contributed by atoms with E-state index in [9.17, 15) is 9.90 Å². The van der Waals surface area contributed by atoms with E-state index >= 15 is 0 Å². The average Bonchev–Trinajstić information content (AvgIpc) is 2.71. The number of hydrogen-bond acceptors (Lipinski definition) is 4. The molecule has 0 bridgehead atoms. The third-order valence-electron chi connectivity index (χ3n) is 4.11. The molecule has 1 fully saturated rings. The minimum absolute atomic E-state index is 0.180. The van der Waals surface area contributed by atoms with Crippen LogP contribution in [0.3, 0.4) is 0 Å². The molecule has 0 radical (unpaired) electrons. The van der Waals surface area contributed by atoms with Crippen molar-refractivity contribution in [2.75, 3.05) is 13.2 Å². The molecule has 0 saturated heterocycles. The van der Waals surface area contributed by atoms with Crippen LogP contribution in [0.4, 0.5) is 0 Å². The normalized spacial score (nSPS) is 25.0. The summed E-state index contributed by atoms with van der Waals surface area (Å²) >= 11 is 0. The highest BCUT2D eigenvalue weighted by molar-refractivity contribution is 5.98. The fraction of sp³-hybridized carbons (Fsp3) is 0.562. The van der Waals surface area contributed by atoms with Crippen molar-refractivity contribution in [1.82, 2.24) is 5.32 Å². The molecular weight excluding hydrogens is 270 g/mol. The molecule has 1 aromatic carbocycles. The number of carbonyl (C=O) groups is 1. The summed E-state index contributed by atoms with van der Waals surface area (Å²) in [6.07, 6.45) is 4.27. The van der Waals surface area contributed by atoms with E-state index in [0.29, 0.717) is 30.3 Å². The van der Waals surface area contributed by atoms with Gasteiger partial charge in [-0.1, -0.05) is 25.3 Å². The standard InChI is InChI=1S/C16H21NO4/c18-13-7-3-1-2-6-12(13)17-16(19)11-5-4-8-14-15(11)21-10-9-20-14/h4-5,8,12-13,18H,1-3,6-7,9-10H2,(H,17,19). The topological polar surface area (TPSA) is 67.8 Å². The number of para-hydroxylation sites is 1. The molecular formula is C16H21NO4. The minimum atomic E-state index is -0.465. The highest BCUT2D eigenvalue weighted by Crippen LogP contribution is 2.33. The molecule has 2 atom stereocenters. The van der Waals surface area contributed by atoms with Crippen molar-refractivity contribution in [3.8, 4) is 11.5 Å². The Morgan fingerprint density at radius 1 is 1.14 bits per heavy atom. The zero-order valence-electron chi connectivity index (χ0n) is 12.0. The first-order chi connectivity index (χ1) is 10.3. The quantitative estimate of drug-likeness (QED) is 0.816. The average molecular weight is 291 g/mol. The van der Waals surface area contributed by atoms with Crippen LogP contribution >= 0.6 is 0 Å². The summed E-state index contributed by atoms with van der Waals surface area (Å²) in [6.45, 7) is 0.947. The Balaban J connectivity index is 1.76. The number of amides is 1. The van der Waals surface area contributed by atoms with E-state index in [-0.39, 0.29) is 11.9 Å². The number of aliphatic hydroxyl groups excluding tert-OH is 1. The number of carbonyl (C=O) groups excluding carboxylic acids is 1. The molecule has 1 aromatic rings. The van der Waals surface area contributed by atoms with Crippen molar-refractivity contribution in [2.24, 2.45) is 0 Å². The lowest BCUT2D eigenvalue weighted by molar-refractivity contribution is 0.0810. The number of aliphatic hydroxyl groups is 1. The second kappa shape index (κ2) is 6.35. The van der Waals surface area contributed by atoms with Gasteiger partial charge >= 0.3 is 0 Å². The van der Waals surface area contributed by atoms with Gasteiger partial charge in [0.2, 0.25) is 0 Å². The fourth-order valence-electron chi connectivity index (χ4n) is 2.96. The van der Waals surface area contributed by atoms with Gasteiger partial charge in [-0.25, -0.2) is 0 Å². The lowest BCUT2D eigenvalue weighted by Crippen LogP contribution is -2.42. The molecule has 2 aliphatic rings. The van der Waals surface area contributed by atoms with Crippen LogP contribution in [-0.4, -0.2) is 36.4 Å². The Labute approximate surface area is 124 Å². The van der Waals surface area contributed by atoms with Crippen molar-refractivity contribution in [2.45, 2.75) is 44.2 Å². The van der Waals surface area contributed by atoms with Gasteiger partial charge in [0.15, 0.2) is 11.5 Å². The Kier molecular flexibility index (Phi) is 4.29. The molecule has 5 nitrogen and oxygen atoms in total. The van der Waals surface area contributed by atoms with Gasteiger partial charge in [0.05, 0.1) is 17.7 Å². The molecule has 1 aliphatic carbocycles. The van der Waals surface area contributed by atoms with Crippen molar-refractivity contribution >= 4 is 5.91 Å². The maximum atomic E-state index is 12.5. The van der Waals surface area contributed by atoms with Crippen molar-refractivity contribution in [3.63, 3.8) is 0 Å². The summed E-state index contributed by atoms with van der Waals surface area (Å²) in [5, 5.41) is 13.1. The minimum Gasteiger partial charge on any atom is -0.486 e. The Bertz CT molecular complexity index is 517. The molecule has 1 amide bonds. The van der Waals surface area contributed by atoms with E-state index in [0.717, 1.165) is 32.1 Å². The number of rotatable bonds is 2. The monoisotopic (exact) mass is 291 g/mol. The maximum absolute atomic E-state index is 12.5. The first kappa shape index (κ1) is 14.2. The van der Waals surface area contributed by atoms with Crippen LogP contribution < -0.4 is 14.8 Å². The number of benzene rings is 1. The van der Waals surface area contributed by atoms with Crippen LogP contribution in [0.1, 0.15) is 42.5 Å². The van der Waals surface area contributed by atoms with Gasteiger partial charge in [0.1, 0.15) is 13.2 Å². The second-order valence-electron chi connectivity index (χ2n) is 5.62. The zero-order valence-corrected chi connectivity index (χ0v) is 12.0. The Hall–Kier alpha value is -1.75. The van der Waals surface area contributed by atoms with Crippen LogP contribution in [0.5, 0.6) is 11.5 Å². The third kappa shape index (κ3) is 3.13. The predicted octanol–water partition coefficient (Wildman–Crippen LogP) is 1.88. The van der Waals surface area contributed by atoms with Gasteiger partial charge < -0.3 is 19.9 Å². The van der Waals surface area contributed by atoms with Gasteiger partial charge in [-0.3, -0.25) is 4.79 Å². The van der Waals surface area contributed by atoms with E-state index < -0.39 is 6.10 Å². The number of nitrogens with one attached hydrogen (secondary N) is 1. The molecule has 21 heavy (non-hydrogen) atoms. The highest BCUT2D eigenvalue weighted by atomic mass is 16.6. The molecule has 1 heterocycles. The predicted molar refractivity (Wildman–Crippen MR) is 77.8 cm³/mol.